The van der Waals surface area contributed by atoms with E-state index in [1.165, 1.54) is 30.1 Å². The lowest BCUT2D eigenvalue weighted by molar-refractivity contribution is 0.0603. The molecule has 0 unspecified atom stereocenters. The summed E-state index contributed by atoms with van der Waals surface area (Å²) >= 11 is 1.49. The molecule has 5 heteroatoms. The molecular weight excluding hydrogens is 298 g/mol. The van der Waals surface area contributed by atoms with E-state index < -0.39 is 5.97 Å². The van der Waals surface area contributed by atoms with Crippen LogP contribution in [0.5, 0.6) is 0 Å². The highest BCUT2D eigenvalue weighted by atomic mass is 32.1. The smallest absolute Gasteiger partial charge is 0.339 e. The lowest BCUT2D eigenvalue weighted by Crippen LogP contribution is -2.18. The molecule has 0 amide bonds. The summed E-state index contributed by atoms with van der Waals surface area (Å²) < 4.78 is 7.11. The number of esters is 1. The Hall–Kier alpha value is -2.40. The van der Waals surface area contributed by atoms with Gasteiger partial charge in [0.15, 0.2) is 0 Å². The van der Waals surface area contributed by atoms with Crippen molar-refractivity contribution in [3.63, 3.8) is 0 Å². The highest BCUT2D eigenvalue weighted by Gasteiger charge is 2.17. The zero-order chi connectivity index (χ0) is 15.9. The summed E-state index contributed by atoms with van der Waals surface area (Å²) in [6, 6.07) is 11.4. The fraction of sp³-hybridized carbons (Fsp3) is 0.176. The molecule has 0 radical (unpaired) electrons. The number of aromatic nitrogens is 1. The first kappa shape index (κ1) is 14.5. The van der Waals surface area contributed by atoms with Gasteiger partial charge in [0.2, 0.25) is 0 Å². The van der Waals surface area contributed by atoms with Crippen LogP contribution in [-0.4, -0.2) is 17.6 Å². The molecule has 3 aromatic rings. The summed E-state index contributed by atoms with van der Waals surface area (Å²) in [5.74, 6) is -0.486. The molecule has 0 aliphatic carbocycles. The molecule has 0 aliphatic heterocycles. The summed E-state index contributed by atoms with van der Waals surface area (Å²) in [7, 11) is 3.03. The van der Waals surface area contributed by atoms with Crippen molar-refractivity contribution in [1.29, 1.82) is 0 Å². The fourth-order valence-corrected chi connectivity index (χ4v) is 3.55. The summed E-state index contributed by atoms with van der Waals surface area (Å²) in [4.78, 5) is 25.0. The summed E-state index contributed by atoms with van der Waals surface area (Å²) in [6.07, 6.45) is 0. The number of aryl methyl sites for hydroxylation is 2. The number of benzene rings is 1. The third-order valence-corrected chi connectivity index (χ3v) is 4.86. The number of pyridine rings is 1. The van der Waals surface area contributed by atoms with E-state index in [0.29, 0.717) is 5.56 Å². The SMILES string of the molecule is COC(=O)c1cc(=O)n(C)c2cc(-c3ccc(C)cc3)sc12. The molecule has 0 spiro atoms. The lowest BCUT2D eigenvalue weighted by atomic mass is 10.1. The summed E-state index contributed by atoms with van der Waals surface area (Å²) in [5, 5.41) is 0. The van der Waals surface area contributed by atoms with Gasteiger partial charge in [-0.2, -0.15) is 0 Å². The van der Waals surface area contributed by atoms with Crippen LogP contribution in [0.15, 0.2) is 41.2 Å². The van der Waals surface area contributed by atoms with E-state index in [0.717, 1.165) is 20.7 Å². The van der Waals surface area contributed by atoms with Crippen LogP contribution < -0.4 is 5.56 Å². The zero-order valence-corrected chi connectivity index (χ0v) is 13.4. The Morgan fingerprint density at radius 3 is 2.50 bits per heavy atom. The number of carbonyl (C=O) groups is 1. The van der Waals surface area contributed by atoms with Gasteiger partial charge in [-0.3, -0.25) is 4.79 Å². The number of methoxy groups -OCH3 is 1. The maximum Gasteiger partial charge on any atom is 0.339 e. The number of fused-ring (bicyclic) bond motifs is 1. The molecule has 2 heterocycles. The van der Waals surface area contributed by atoms with Crippen LogP contribution in [0.1, 0.15) is 15.9 Å². The first-order chi connectivity index (χ1) is 10.5. The molecule has 22 heavy (non-hydrogen) atoms. The van der Waals surface area contributed by atoms with Gasteiger partial charge < -0.3 is 9.30 Å². The predicted octanol–water partition coefficient (Wildman–Crippen LogP) is 3.36. The van der Waals surface area contributed by atoms with Crippen molar-refractivity contribution in [1.82, 2.24) is 4.57 Å². The van der Waals surface area contributed by atoms with Crippen molar-refractivity contribution in [3.05, 3.63) is 57.9 Å². The van der Waals surface area contributed by atoms with Crippen LogP contribution in [0.25, 0.3) is 20.7 Å². The van der Waals surface area contributed by atoms with Crippen molar-refractivity contribution >= 4 is 27.5 Å². The van der Waals surface area contributed by atoms with Crippen LogP contribution in [0.3, 0.4) is 0 Å². The molecule has 112 valence electrons. The molecule has 0 N–H and O–H groups in total. The van der Waals surface area contributed by atoms with Gasteiger partial charge in [-0.25, -0.2) is 4.79 Å². The summed E-state index contributed by atoms with van der Waals surface area (Å²) in [5.41, 5.74) is 3.10. The second-order valence-corrected chi connectivity index (χ2v) is 6.19. The minimum atomic E-state index is -0.486. The first-order valence-corrected chi connectivity index (χ1v) is 7.62. The number of carbonyl (C=O) groups excluding carboxylic acids is 1. The highest BCUT2D eigenvalue weighted by molar-refractivity contribution is 7.22. The van der Waals surface area contributed by atoms with Crippen LogP contribution >= 0.6 is 11.3 Å². The molecule has 0 fully saturated rings. The van der Waals surface area contributed by atoms with Crippen molar-refractivity contribution in [2.75, 3.05) is 7.11 Å². The lowest BCUT2D eigenvalue weighted by Gasteiger charge is -2.03. The quantitative estimate of drug-likeness (QED) is 0.682. The first-order valence-electron chi connectivity index (χ1n) is 6.80. The molecule has 0 saturated heterocycles. The number of hydrogen-bond acceptors (Lipinski definition) is 4. The third-order valence-electron chi connectivity index (χ3n) is 3.66. The molecular formula is C17H15NO3S. The Morgan fingerprint density at radius 1 is 1.18 bits per heavy atom. The van der Waals surface area contributed by atoms with Crippen molar-refractivity contribution in [3.8, 4) is 10.4 Å². The van der Waals surface area contributed by atoms with E-state index in [2.05, 4.69) is 0 Å². The predicted molar refractivity (Wildman–Crippen MR) is 88.6 cm³/mol. The maximum atomic E-state index is 12.0. The molecule has 0 bridgehead atoms. The Balaban J connectivity index is 2.28. The third kappa shape index (κ3) is 2.33. The Labute approximate surface area is 131 Å². The van der Waals surface area contributed by atoms with Crippen LogP contribution in [0.4, 0.5) is 0 Å². The maximum absolute atomic E-state index is 12.0. The van der Waals surface area contributed by atoms with Gasteiger partial charge in [0.25, 0.3) is 5.56 Å². The average Bonchev–Trinajstić information content (AvgIpc) is 2.96. The monoisotopic (exact) mass is 313 g/mol. The van der Waals surface area contributed by atoms with E-state index in [1.807, 2.05) is 37.3 Å². The topological polar surface area (TPSA) is 48.3 Å². The largest absolute Gasteiger partial charge is 0.465 e. The van der Waals surface area contributed by atoms with E-state index >= 15 is 0 Å². The van der Waals surface area contributed by atoms with Crippen molar-refractivity contribution in [2.45, 2.75) is 6.92 Å². The average molecular weight is 313 g/mol. The molecule has 0 saturated carbocycles. The molecule has 2 aromatic heterocycles. The van der Waals surface area contributed by atoms with Crippen LogP contribution in [0.2, 0.25) is 0 Å². The normalized spacial score (nSPS) is 10.9. The number of ether oxygens (including phenoxy) is 1. The molecule has 1 aromatic carbocycles. The molecule has 3 rings (SSSR count). The van der Waals surface area contributed by atoms with Crippen molar-refractivity contribution < 1.29 is 9.53 Å². The van der Waals surface area contributed by atoms with Gasteiger partial charge in [-0.05, 0) is 18.6 Å². The summed E-state index contributed by atoms with van der Waals surface area (Å²) in [6.45, 7) is 2.04. The van der Waals surface area contributed by atoms with Gasteiger partial charge in [0, 0.05) is 18.0 Å². The highest BCUT2D eigenvalue weighted by Crippen LogP contribution is 2.34. The van der Waals surface area contributed by atoms with E-state index in [9.17, 15) is 9.59 Å². The van der Waals surface area contributed by atoms with Gasteiger partial charge in [-0.1, -0.05) is 29.8 Å². The number of thiophene rings is 1. The zero-order valence-electron chi connectivity index (χ0n) is 12.5. The minimum Gasteiger partial charge on any atom is -0.465 e. The Bertz CT molecular complexity index is 919. The number of rotatable bonds is 2. The Morgan fingerprint density at radius 2 is 1.86 bits per heavy atom. The fourth-order valence-electron chi connectivity index (χ4n) is 2.35. The minimum absolute atomic E-state index is 0.221. The van der Waals surface area contributed by atoms with Gasteiger partial charge in [0.1, 0.15) is 0 Å². The Kier molecular flexibility index (Phi) is 3.58. The second kappa shape index (κ2) is 5.42. The van der Waals surface area contributed by atoms with Gasteiger partial charge >= 0.3 is 5.97 Å². The van der Waals surface area contributed by atoms with E-state index in [1.54, 1.807) is 11.6 Å². The second-order valence-electron chi connectivity index (χ2n) is 5.14. The number of hydrogen-bond donors (Lipinski definition) is 0. The van der Waals surface area contributed by atoms with E-state index in [4.69, 9.17) is 4.74 Å². The molecule has 0 atom stereocenters. The molecule has 4 nitrogen and oxygen atoms in total. The van der Waals surface area contributed by atoms with Crippen LogP contribution in [0, 0.1) is 6.92 Å². The van der Waals surface area contributed by atoms with Gasteiger partial charge in [-0.15, -0.1) is 11.3 Å². The van der Waals surface area contributed by atoms with E-state index in [-0.39, 0.29) is 5.56 Å². The molecule has 0 aliphatic rings. The van der Waals surface area contributed by atoms with Crippen LogP contribution in [-0.2, 0) is 11.8 Å². The number of nitrogens with zero attached hydrogens (tertiary/aromatic N) is 1. The van der Waals surface area contributed by atoms with Gasteiger partial charge in [0.05, 0.1) is 22.9 Å². The van der Waals surface area contributed by atoms with Crippen molar-refractivity contribution in [2.24, 2.45) is 7.05 Å². The standard InChI is InChI=1S/C17H15NO3S/c1-10-4-6-11(7-5-10)14-9-13-16(22-14)12(17(20)21-3)8-15(19)18(13)2/h4-9H,1-3H3.